The summed E-state index contributed by atoms with van der Waals surface area (Å²) in [6.45, 7) is 1.82. The predicted molar refractivity (Wildman–Crippen MR) is 75.5 cm³/mol. The van der Waals surface area contributed by atoms with Gasteiger partial charge in [-0.3, -0.25) is 9.59 Å². The Bertz CT molecular complexity index is 689. The van der Waals surface area contributed by atoms with Gasteiger partial charge in [0.15, 0.2) is 0 Å². The Hall–Kier alpha value is -1.90. The summed E-state index contributed by atoms with van der Waals surface area (Å²) in [6, 6.07) is 8.14. The molecular weight excluding hydrogens is 238 g/mol. The van der Waals surface area contributed by atoms with Crippen LogP contribution in [0, 0.1) is 6.92 Å². The van der Waals surface area contributed by atoms with Crippen molar-refractivity contribution in [1.82, 2.24) is 4.98 Å². The second kappa shape index (κ2) is 4.65. The lowest BCUT2D eigenvalue weighted by Crippen LogP contribution is -2.13. The van der Waals surface area contributed by atoms with Crippen LogP contribution in [0.5, 0.6) is 0 Å². The van der Waals surface area contributed by atoms with Gasteiger partial charge >= 0.3 is 0 Å². The number of rotatable bonds is 1. The molecule has 0 radical (unpaired) electrons. The van der Waals surface area contributed by atoms with Gasteiger partial charge in [0, 0.05) is 23.9 Å². The van der Waals surface area contributed by atoms with Gasteiger partial charge < -0.3 is 4.98 Å². The molecule has 3 nitrogen and oxygen atoms in total. The monoisotopic (exact) mass is 255 g/mol. The van der Waals surface area contributed by atoms with Gasteiger partial charge in [0.05, 0.1) is 0 Å². The fourth-order valence-corrected chi connectivity index (χ4v) is 2.86. The summed E-state index contributed by atoms with van der Waals surface area (Å²) in [7, 11) is 0. The summed E-state index contributed by atoms with van der Waals surface area (Å²) < 4.78 is 0. The summed E-state index contributed by atoms with van der Waals surface area (Å²) in [5.74, 6) is 0.867. The van der Waals surface area contributed by atoms with Gasteiger partial charge in [-0.1, -0.05) is 6.07 Å². The Morgan fingerprint density at radius 3 is 2.58 bits per heavy atom. The third-order valence-corrected chi connectivity index (χ3v) is 4.07. The fraction of sp³-hybridized carbons (Fsp3) is 0.375. The van der Waals surface area contributed by atoms with Crippen molar-refractivity contribution in [3.63, 3.8) is 0 Å². The van der Waals surface area contributed by atoms with Crippen LogP contribution >= 0.6 is 0 Å². The maximum absolute atomic E-state index is 11.6. The number of nitrogens with one attached hydrogen (secondary N) is 1. The van der Waals surface area contributed by atoms with Crippen molar-refractivity contribution in [2.45, 2.75) is 38.5 Å². The highest BCUT2D eigenvalue weighted by Crippen LogP contribution is 2.32. The van der Waals surface area contributed by atoms with Crippen molar-refractivity contribution in [1.29, 1.82) is 0 Å². The van der Waals surface area contributed by atoms with Crippen LogP contribution in [0.15, 0.2) is 29.1 Å². The van der Waals surface area contributed by atoms with Crippen LogP contribution in [-0.4, -0.2) is 10.8 Å². The number of aromatic nitrogens is 1. The Morgan fingerprint density at radius 2 is 1.84 bits per heavy atom. The summed E-state index contributed by atoms with van der Waals surface area (Å²) >= 11 is 0. The summed E-state index contributed by atoms with van der Waals surface area (Å²) in [5.41, 5.74) is 2.88. The molecule has 0 unspecified atom stereocenters. The molecule has 1 aliphatic carbocycles. The number of carbonyl (C=O) groups is 1. The molecule has 98 valence electrons. The van der Waals surface area contributed by atoms with Gasteiger partial charge in [-0.05, 0) is 54.8 Å². The van der Waals surface area contributed by atoms with Crippen molar-refractivity contribution < 1.29 is 4.79 Å². The number of benzene rings is 1. The summed E-state index contributed by atoms with van der Waals surface area (Å²) in [6.07, 6.45) is 3.31. The lowest BCUT2D eigenvalue weighted by atomic mass is 9.83. The minimum atomic E-state index is -0.0245. The standard InChI is InChI=1S/C16H17NO2/c1-10-8-13-9-12(4-7-15(13)17-16(10)19)11-2-5-14(18)6-3-11/h4,7-9,11H,2-3,5-6H2,1H3,(H,17,19). The van der Waals surface area contributed by atoms with E-state index in [1.165, 1.54) is 5.56 Å². The normalized spacial score (nSPS) is 17.0. The molecule has 0 atom stereocenters. The molecule has 0 aliphatic heterocycles. The number of carbonyl (C=O) groups excluding carboxylic acids is 1. The average Bonchev–Trinajstić information content (AvgIpc) is 2.40. The fourth-order valence-electron chi connectivity index (χ4n) is 2.86. The topological polar surface area (TPSA) is 49.9 Å². The third kappa shape index (κ3) is 2.33. The molecule has 1 aliphatic rings. The highest BCUT2D eigenvalue weighted by Gasteiger charge is 2.20. The number of pyridine rings is 1. The molecule has 0 spiro atoms. The first kappa shape index (κ1) is 12.2. The Morgan fingerprint density at radius 1 is 1.11 bits per heavy atom. The van der Waals surface area contributed by atoms with E-state index in [0.29, 0.717) is 24.5 Å². The molecule has 1 aromatic heterocycles. The molecule has 1 fully saturated rings. The lowest BCUT2D eigenvalue weighted by molar-refractivity contribution is -0.120. The van der Waals surface area contributed by atoms with Gasteiger partial charge in [-0.15, -0.1) is 0 Å². The van der Waals surface area contributed by atoms with Crippen LogP contribution in [0.1, 0.15) is 42.7 Å². The first-order chi connectivity index (χ1) is 9.13. The maximum atomic E-state index is 11.6. The number of hydrogen-bond acceptors (Lipinski definition) is 2. The molecule has 1 heterocycles. The van der Waals surface area contributed by atoms with Crippen molar-refractivity contribution in [3.05, 3.63) is 45.7 Å². The first-order valence-electron chi connectivity index (χ1n) is 6.79. The van der Waals surface area contributed by atoms with Gasteiger partial charge in [-0.25, -0.2) is 0 Å². The molecule has 0 bridgehead atoms. The van der Waals surface area contributed by atoms with Crippen LogP contribution in [0.3, 0.4) is 0 Å². The minimum Gasteiger partial charge on any atom is -0.322 e. The zero-order chi connectivity index (χ0) is 13.4. The zero-order valence-electron chi connectivity index (χ0n) is 11.0. The van der Waals surface area contributed by atoms with E-state index in [2.05, 4.69) is 17.1 Å². The Balaban J connectivity index is 1.99. The van der Waals surface area contributed by atoms with E-state index < -0.39 is 0 Å². The van der Waals surface area contributed by atoms with E-state index in [-0.39, 0.29) is 5.56 Å². The minimum absolute atomic E-state index is 0.0245. The van der Waals surface area contributed by atoms with Crippen LogP contribution in [0.25, 0.3) is 10.9 Å². The second-order valence-electron chi connectivity index (χ2n) is 5.44. The number of aryl methyl sites for hydroxylation is 1. The Labute approximate surface area is 111 Å². The van der Waals surface area contributed by atoms with Crippen molar-refractivity contribution in [2.24, 2.45) is 0 Å². The lowest BCUT2D eigenvalue weighted by Gasteiger charge is -2.21. The van der Waals surface area contributed by atoms with Crippen molar-refractivity contribution in [3.8, 4) is 0 Å². The molecule has 0 amide bonds. The zero-order valence-corrected chi connectivity index (χ0v) is 11.0. The van der Waals surface area contributed by atoms with E-state index in [1.54, 1.807) is 0 Å². The maximum Gasteiger partial charge on any atom is 0.251 e. The number of hydrogen-bond donors (Lipinski definition) is 1. The van der Waals surface area contributed by atoms with E-state index in [0.717, 1.165) is 29.3 Å². The number of Topliss-reactive ketones (excluding diaryl/α,β-unsaturated/α-hetero) is 1. The molecule has 3 heteroatoms. The van der Waals surface area contributed by atoms with Gasteiger partial charge in [0.1, 0.15) is 5.78 Å². The number of aromatic amines is 1. The molecule has 2 aromatic rings. The highest BCUT2D eigenvalue weighted by atomic mass is 16.1. The molecule has 0 saturated heterocycles. The van der Waals surface area contributed by atoms with Gasteiger partial charge in [0.25, 0.3) is 5.56 Å². The van der Waals surface area contributed by atoms with E-state index in [1.807, 2.05) is 19.1 Å². The first-order valence-corrected chi connectivity index (χ1v) is 6.79. The molecule has 1 saturated carbocycles. The average molecular weight is 255 g/mol. The number of fused-ring (bicyclic) bond motifs is 1. The van der Waals surface area contributed by atoms with Gasteiger partial charge in [-0.2, -0.15) is 0 Å². The van der Waals surface area contributed by atoms with E-state index in [9.17, 15) is 9.59 Å². The van der Waals surface area contributed by atoms with Crippen molar-refractivity contribution in [2.75, 3.05) is 0 Å². The second-order valence-corrected chi connectivity index (χ2v) is 5.44. The summed E-state index contributed by atoms with van der Waals surface area (Å²) in [5, 5.41) is 1.08. The SMILES string of the molecule is Cc1cc2cc(C3CCC(=O)CC3)ccc2[nH]c1=O. The highest BCUT2D eigenvalue weighted by molar-refractivity contribution is 5.81. The molecule has 1 N–H and O–H groups in total. The van der Waals surface area contributed by atoms with Crippen LogP contribution < -0.4 is 5.56 Å². The predicted octanol–water partition coefficient (Wildman–Crippen LogP) is 3.06. The van der Waals surface area contributed by atoms with Crippen molar-refractivity contribution >= 4 is 16.7 Å². The quantitative estimate of drug-likeness (QED) is 0.851. The smallest absolute Gasteiger partial charge is 0.251 e. The van der Waals surface area contributed by atoms with E-state index in [4.69, 9.17) is 0 Å². The number of ketones is 1. The Kier molecular flexibility index (Phi) is 2.97. The molecule has 3 rings (SSSR count). The summed E-state index contributed by atoms with van der Waals surface area (Å²) in [4.78, 5) is 25.7. The van der Waals surface area contributed by atoms with Crippen LogP contribution in [0.4, 0.5) is 0 Å². The van der Waals surface area contributed by atoms with Crippen LogP contribution in [-0.2, 0) is 4.79 Å². The molecular formula is C16H17NO2. The van der Waals surface area contributed by atoms with E-state index >= 15 is 0 Å². The third-order valence-electron chi connectivity index (χ3n) is 4.07. The number of H-pyrrole nitrogens is 1. The molecule has 1 aromatic carbocycles. The molecule has 19 heavy (non-hydrogen) atoms. The largest absolute Gasteiger partial charge is 0.322 e. The van der Waals surface area contributed by atoms with Gasteiger partial charge in [0.2, 0.25) is 0 Å². The van der Waals surface area contributed by atoms with Crippen LogP contribution in [0.2, 0.25) is 0 Å².